The summed E-state index contributed by atoms with van der Waals surface area (Å²) in [5, 5.41) is 8.51. The van der Waals surface area contributed by atoms with Gasteiger partial charge >= 0.3 is 11.9 Å². The van der Waals surface area contributed by atoms with Crippen LogP contribution in [0.2, 0.25) is 0 Å². The number of hydrogen-bond donors (Lipinski definition) is 1. The van der Waals surface area contributed by atoms with Crippen LogP contribution >= 0.6 is 0 Å². The summed E-state index contributed by atoms with van der Waals surface area (Å²) < 4.78 is 9.43. The molecule has 0 heterocycles. The van der Waals surface area contributed by atoms with Crippen molar-refractivity contribution in [2.75, 3.05) is 20.3 Å². The van der Waals surface area contributed by atoms with Gasteiger partial charge in [0.1, 0.15) is 0 Å². The minimum atomic E-state index is -0.196. The van der Waals surface area contributed by atoms with Gasteiger partial charge in [-0.3, -0.25) is 9.59 Å². The minimum absolute atomic E-state index is 0.0491. The highest BCUT2D eigenvalue weighted by atomic mass is 16.5. The first-order valence-electron chi connectivity index (χ1n) is 6.54. The lowest BCUT2D eigenvalue weighted by atomic mass is 10.1. The lowest BCUT2D eigenvalue weighted by Gasteiger charge is -2.03. The molecule has 0 fully saturated rings. The van der Waals surface area contributed by atoms with E-state index in [-0.39, 0.29) is 18.5 Å². The van der Waals surface area contributed by atoms with Gasteiger partial charge in [-0.1, -0.05) is 19.3 Å². The van der Waals surface area contributed by atoms with Crippen molar-refractivity contribution in [3.05, 3.63) is 0 Å². The summed E-state index contributed by atoms with van der Waals surface area (Å²) in [5.41, 5.74) is 0. The van der Waals surface area contributed by atoms with Gasteiger partial charge in [0.15, 0.2) is 0 Å². The van der Waals surface area contributed by atoms with Gasteiger partial charge in [-0.05, 0) is 12.8 Å². The second kappa shape index (κ2) is 12.4. The fourth-order valence-corrected chi connectivity index (χ4v) is 1.49. The molecule has 0 saturated heterocycles. The average molecular weight is 260 g/mol. The molecule has 1 N–H and O–H groups in total. The lowest BCUT2D eigenvalue weighted by molar-refractivity contribution is -0.144. The average Bonchev–Trinajstić information content (AvgIpc) is 2.37. The zero-order valence-corrected chi connectivity index (χ0v) is 11.2. The van der Waals surface area contributed by atoms with Crippen molar-refractivity contribution in [3.63, 3.8) is 0 Å². The van der Waals surface area contributed by atoms with Crippen LogP contribution in [0.5, 0.6) is 0 Å². The molecule has 0 saturated carbocycles. The standard InChI is InChI=1S/C13H24O5/c1-17-12(15)8-5-3-2-4-6-9-13(16)18-11-7-10-14/h14H,2-11H2,1H3. The second-order valence-electron chi connectivity index (χ2n) is 4.14. The van der Waals surface area contributed by atoms with Gasteiger partial charge in [0.2, 0.25) is 0 Å². The van der Waals surface area contributed by atoms with Crippen LogP contribution in [0, 0.1) is 0 Å². The molecule has 0 aliphatic heterocycles. The summed E-state index contributed by atoms with van der Waals surface area (Å²) in [7, 11) is 1.39. The van der Waals surface area contributed by atoms with E-state index in [4.69, 9.17) is 9.84 Å². The third-order valence-electron chi connectivity index (χ3n) is 2.55. The zero-order valence-electron chi connectivity index (χ0n) is 11.2. The van der Waals surface area contributed by atoms with Crippen molar-refractivity contribution in [2.24, 2.45) is 0 Å². The maximum Gasteiger partial charge on any atom is 0.305 e. The third kappa shape index (κ3) is 11.4. The van der Waals surface area contributed by atoms with Crippen molar-refractivity contribution in [1.29, 1.82) is 0 Å². The van der Waals surface area contributed by atoms with E-state index >= 15 is 0 Å². The predicted molar refractivity (Wildman–Crippen MR) is 67.0 cm³/mol. The van der Waals surface area contributed by atoms with Crippen LogP contribution in [0.15, 0.2) is 0 Å². The molecule has 106 valence electrons. The van der Waals surface area contributed by atoms with Crippen molar-refractivity contribution < 1.29 is 24.2 Å². The lowest BCUT2D eigenvalue weighted by Crippen LogP contribution is -2.06. The van der Waals surface area contributed by atoms with Crippen molar-refractivity contribution in [1.82, 2.24) is 0 Å². The Morgan fingerprint density at radius 3 is 2.00 bits per heavy atom. The number of aliphatic hydroxyl groups excluding tert-OH is 1. The number of aliphatic hydroxyl groups is 1. The molecular formula is C13H24O5. The maximum absolute atomic E-state index is 11.2. The molecule has 0 rings (SSSR count). The van der Waals surface area contributed by atoms with Crippen LogP contribution in [0.3, 0.4) is 0 Å². The Morgan fingerprint density at radius 1 is 0.889 bits per heavy atom. The highest BCUT2D eigenvalue weighted by Crippen LogP contribution is 2.08. The fourth-order valence-electron chi connectivity index (χ4n) is 1.49. The molecule has 0 radical (unpaired) electrons. The summed E-state index contributed by atoms with van der Waals surface area (Å²) in [5.74, 6) is -0.361. The number of carbonyl (C=O) groups excluding carboxylic acids is 2. The molecule has 0 aromatic rings. The first-order chi connectivity index (χ1) is 8.70. The topological polar surface area (TPSA) is 72.8 Å². The van der Waals surface area contributed by atoms with Gasteiger partial charge in [0.25, 0.3) is 0 Å². The maximum atomic E-state index is 11.2. The molecular weight excluding hydrogens is 236 g/mol. The molecule has 0 amide bonds. The molecule has 0 bridgehead atoms. The van der Waals surface area contributed by atoms with Crippen LogP contribution < -0.4 is 0 Å². The predicted octanol–water partition coefficient (Wildman–Crippen LogP) is 1.82. The number of carbonyl (C=O) groups is 2. The van der Waals surface area contributed by atoms with Crippen LogP contribution in [0.25, 0.3) is 0 Å². The molecule has 5 nitrogen and oxygen atoms in total. The summed E-state index contributed by atoms with van der Waals surface area (Å²) in [6, 6.07) is 0. The van der Waals surface area contributed by atoms with E-state index in [1.165, 1.54) is 7.11 Å². The van der Waals surface area contributed by atoms with E-state index < -0.39 is 0 Å². The number of methoxy groups -OCH3 is 1. The Kier molecular flexibility index (Phi) is 11.6. The molecule has 0 atom stereocenters. The molecule has 0 spiro atoms. The third-order valence-corrected chi connectivity index (χ3v) is 2.55. The highest BCUT2D eigenvalue weighted by molar-refractivity contribution is 5.69. The summed E-state index contributed by atoms with van der Waals surface area (Å²) >= 11 is 0. The molecule has 0 unspecified atom stereocenters. The Bertz CT molecular complexity index is 227. The number of hydrogen-bond acceptors (Lipinski definition) is 5. The van der Waals surface area contributed by atoms with Gasteiger partial charge in [-0.25, -0.2) is 0 Å². The molecule has 0 aromatic carbocycles. The van der Waals surface area contributed by atoms with Crippen molar-refractivity contribution in [2.45, 2.75) is 51.4 Å². The first kappa shape index (κ1) is 16.9. The summed E-state index contributed by atoms with van der Waals surface area (Å²) in [6.07, 6.45) is 6.02. The van der Waals surface area contributed by atoms with Gasteiger partial charge in [0, 0.05) is 25.9 Å². The number of rotatable bonds is 11. The fraction of sp³-hybridized carbons (Fsp3) is 0.846. The minimum Gasteiger partial charge on any atom is -0.469 e. The van der Waals surface area contributed by atoms with Crippen LogP contribution in [-0.4, -0.2) is 37.4 Å². The summed E-state index contributed by atoms with van der Waals surface area (Å²) in [4.78, 5) is 22.0. The Balaban J connectivity index is 3.19. The Morgan fingerprint density at radius 2 is 1.44 bits per heavy atom. The van der Waals surface area contributed by atoms with E-state index in [1.807, 2.05) is 0 Å². The zero-order chi connectivity index (χ0) is 13.6. The second-order valence-corrected chi connectivity index (χ2v) is 4.14. The number of ether oxygens (including phenoxy) is 2. The molecule has 0 aromatic heterocycles. The van der Waals surface area contributed by atoms with Crippen LogP contribution in [-0.2, 0) is 19.1 Å². The van der Waals surface area contributed by atoms with Crippen molar-refractivity contribution >= 4 is 11.9 Å². The molecule has 5 heteroatoms. The number of esters is 2. The quantitative estimate of drug-likeness (QED) is 0.453. The van der Waals surface area contributed by atoms with Crippen LogP contribution in [0.1, 0.15) is 51.4 Å². The van der Waals surface area contributed by atoms with Gasteiger partial charge in [0.05, 0.1) is 13.7 Å². The highest BCUT2D eigenvalue weighted by Gasteiger charge is 2.03. The van der Waals surface area contributed by atoms with E-state index in [9.17, 15) is 9.59 Å². The molecule has 0 aliphatic carbocycles. The Hall–Kier alpha value is -1.10. The van der Waals surface area contributed by atoms with Gasteiger partial charge < -0.3 is 14.6 Å². The van der Waals surface area contributed by atoms with Gasteiger partial charge in [-0.2, -0.15) is 0 Å². The number of unbranched alkanes of at least 4 members (excludes halogenated alkanes) is 4. The molecule has 18 heavy (non-hydrogen) atoms. The smallest absolute Gasteiger partial charge is 0.305 e. The largest absolute Gasteiger partial charge is 0.469 e. The van der Waals surface area contributed by atoms with Crippen molar-refractivity contribution in [3.8, 4) is 0 Å². The van der Waals surface area contributed by atoms with Crippen LogP contribution in [0.4, 0.5) is 0 Å². The first-order valence-corrected chi connectivity index (χ1v) is 6.54. The summed E-state index contributed by atoms with van der Waals surface area (Å²) in [6.45, 7) is 0.349. The van der Waals surface area contributed by atoms with E-state index in [0.29, 0.717) is 25.9 Å². The molecule has 0 aliphatic rings. The SMILES string of the molecule is COC(=O)CCCCCCCC(=O)OCCCO. The normalized spacial score (nSPS) is 10.1. The monoisotopic (exact) mass is 260 g/mol. The van der Waals surface area contributed by atoms with E-state index in [0.717, 1.165) is 32.1 Å². The van der Waals surface area contributed by atoms with E-state index in [1.54, 1.807) is 0 Å². The van der Waals surface area contributed by atoms with E-state index in [2.05, 4.69) is 4.74 Å². The van der Waals surface area contributed by atoms with Gasteiger partial charge in [-0.15, -0.1) is 0 Å². The Labute approximate surface area is 108 Å².